The summed E-state index contributed by atoms with van der Waals surface area (Å²) >= 11 is 0. The third-order valence-electron chi connectivity index (χ3n) is 6.18. The summed E-state index contributed by atoms with van der Waals surface area (Å²) in [6, 6.07) is 22.0. The SMILES string of the molecule is CCOc1ccc(N=Nc2ccc(CCc3ccc(N=Nc4ccc(OCC)cc4)cc3S(=O)(=O)O)c(S(=O)(=O)O)c2)cc1. The third kappa shape index (κ3) is 9.00. The lowest BCUT2D eigenvalue weighted by Crippen LogP contribution is -2.07. The van der Waals surface area contributed by atoms with Crippen LogP contribution in [-0.2, 0) is 33.1 Å². The number of ether oxygens (including phenoxy) is 2. The van der Waals surface area contributed by atoms with Gasteiger partial charge in [-0.2, -0.15) is 37.3 Å². The number of rotatable bonds is 13. The van der Waals surface area contributed by atoms with Gasteiger partial charge in [-0.05, 0) is 111 Å². The first-order chi connectivity index (χ1) is 21.0. The molecule has 4 aromatic rings. The molecule has 0 unspecified atom stereocenters. The molecule has 0 aliphatic heterocycles. The van der Waals surface area contributed by atoms with Crippen molar-refractivity contribution < 1.29 is 35.4 Å². The molecule has 4 aromatic carbocycles. The normalized spacial score (nSPS) is 12.2. The van der Waals surface area contributed by atoms with E-state index in [-0.39, 0.29) is 35.3 Å². The Morgan fingerprint density at radius 3 is 1.16 bits per heavy atom. The largest absolute Gasteiger partial charge is 0.494 e. The van der Waals surface area contributed by atoms with Gasteiger partial charge in [0.15, 0.2) is 0 Å². The van der Waals surface area contributed by atoms with Crippen molar-refractivity contribution in [2.24, 2.45) is 20.5 Å². The molecule has 0 amide bonds. The van der Waals surface area contributed by atoms with Crippen LogP contribution in [0.15, 0.2) is 115 Å². The highest BCUT2D eigenvalue weighted by atomic mass is 32.2. The summed E-state index contributed by atoms with van der Waals surface area (Å²) in [6.07, 6.45) is 0.0298. The van der Waals surface area contributed by atoms with Gasteiger partial charge in [0.25, 0.3) is 20.2 Å². The lowest BCUT2D eigenvalue weighted by molar-refractivity contribution is 0.340. The first kappa shape index (κ1) is 32.4. The number of nitrogens with zero attached hydrogens (tertiary/aromatic N) is 4. The van der Waals surface area contributed by atoms with Gasteiger partial charge >= 0.3 is 0 Å². The molecular formula is C30H30N4O8S2. The summed E-state index contributed by atoms with van der Waals surface area (Å²) in [4.78, 5) is -0.787. The Labute approximate surface area is 255 Å². The van der Waals surface area contributed by atoms with Crippen molar-refractivity contribution in [1.82, 2.24) is 0 Å². The van der Waals surface area contributed by atoms with Gasteiger partial charge in [-0.25, -0.2) is 0 Å². The van der Waals surface area contributed by atoms with Crippen LogP contribution < -0.4 is 9.47 Å². The maximum absolute atomic E-state index is 12.2. The molecule has 0 radical (unpaired) electrons. The first-order valence-electron chi connectivity index (χ1n) is 13.5. The minimum atomic E-state index is -4.66. The van der Waals surface area contributed by atoms with Gasteiger partial charge in [-0.1, -0.05) is 12.1 Å². The molecule has 0 saturated heterocycles. The number of benzene rings is 4. The molecule has 0 atom stereocenters. The number of azo groups is 2. The van der Waals surface area contributed by atoms with E-state index in [9.17, 15) is 25.9 Å². The summed E-state index contributed by atoms with van der Waals surface area (Å²) in [6.45, 7) is 4.78. The van der Waals surface area contributed by atoms with Crippen LogP contribution in [0.1, 0.15) is 25.0 Å². The highest BCUT2D eigenvalue weighted by molar-refractivity contribution is 7.86. The summed E-state index contributed by atoms with van der Waals surface area (Å²) in [5.41, 5.74) is 1.80. The van der Waals surface area contributed by atoms with Crippen LogP contribution in [0, 0.1) is 0 Å². The van der Waals surface area contributed by atoms with Crippen LogP contribution >= 0.6 is 0 Å². The second-order valence-electron chi connectivity index (χ2n) is 9.29. The maximum atomic E-state index is 12.2. The fourth-order valence-corrected chi connectivity index (χ4v) is 5.70. The van der Waals surface area contributed by atoms with Gasteiger partial charge in [-0.15, -0.1) is 0 Å². The van der Waals surface area contributed by atoms with Crippen molar-refractivity contribution in [2.45, 2.75) is 36.5 Å². The third-order valence-corrected chi connectivity index (χ3v) is 8.05. The van der Waals surface area contributed by atoms with Gasteiger partial charge in [0, 0.05) is 0 Å². The van der Waals surface area contributed by atoms with E-state index in [1.165, 1.54) is 36.4 Å². The van der Waals surface area contributed by atoms with Crippen molar-refractivity contribution in [3.8, 4) is 11.5 Å². The molecule has 0 heterocycles. The minimum Gasteiger partial charge on any atom is -0.494 e. The molecule has 0 saturated carbocycles. The summed E-state index contributed by atoms with van der Waals surface area (Å²) < 4.78 is 79.4. The Balaban J connectivity index is 1.54. The van der Waals surface area contributed by atoms with E-state index >= 15 is 0 Å². The highest BCUT2D eigenvalue weighted by Gasteiger charge is 2.20. The molecule has 0 aliphatic rings. The van der Waals surface area contributed by atoms with E-state index in [1.54, 1.807) is 48.5 Å². The van der Waals surface area contributed by atoms with Crippen LogP contribution in [0.4, 0.5) is 22.7 Å². The maximum Gasteiger partial charge on any atom is 0.294 e. The van der Waals surface area contributed by atoms with Crippen molar-refractivity contribution in [2.75, 3.05) is 13.2 Å². The van der Waals surface area contributed by atoms with Gasteiger partial charge in [0.1, 0.15) is 11.5 Å². The molecule has 0 spiro atoms. The molecule has 230 valence electrons. The van der Waals surface area contributed by atoms with Crippen molar-refractivity contribution in [1.29, 1.82) is 0 Å². The lowest BCUT2D eigenvalue weighted by atomic mass is 10.0. The zero-order chi connectivity index (χ0) is 31.7. The molecule has 0 bridgehead atoms. The molecule has 14 heteroatoms. The Morgan fingerprint density at radius 2 is 0.841 bits per heavy atom. The fraction of sp³-hybridized carbons (Fsp3) is 0.200. The van der Waals surface area contributed by atoms with Crippen molar-refractivity contribution >= 4 is 43.0 Å². The number of hydrogen-bond donors (Lipinski definition) is 2. The predicted octanol–water partition coefficient (Wildman–Crippen LogP) is 7.59. The second-order valence-corrected chi connectivity index (χ2v) is 12.1. The predicted molar refractivity (Wildman–Crippen MR) is 163 cm³/mol. The summed E-state index contributed by atoms with van der Waals surface area (Å²) in [5.74, 6) is 1.34. The van der Waals surface area contributed by atoms with Crippen LogP contribution in [-0.4, -0.2) is 39.2 Å². The first-order valence-corrected chi connectivity index (χ1v) is 16.3. The number of aryl methyl sites for hydroxylation is 2. The van der Waals surface area contributed by atoms with E-state index in [4.69, 9.17) is 9.47 Å². The van der Waals surface area contributed by atoms with Gasteiger partial charge in [0.05, 0.1) is 45.8 Å². The second kappa shape index (κ2) is 14.3. The van der Waals surface area contributed by atoms with E-state index in [1.807, 2.05) is 13.8 Å². The topological polar surface area (TPSA) is 177 Å². The summed E-state index contributed by atoms with van der Waals surface area (Å²) in [7, 11) is -9.32. The fourth-order valence-electron chi connectivity index (χ4n) is 4.16. The molecule has 0 aromatic heterocycles. The molecular weight excluding hydrogens is 608 g/mol. The van der Waals surface area contributed by atoms with Crippen molar-refractivity contribution in [3.63, 3.8) is 0 Å². The van der Waals surface area contributed by atoms with Gasteiger partial charge < -0.3 is 9.47 Å². The standard InChI is InChI=1S/C30H30N4O8S2/c1-3-41-27-15-11-23(12-16-27)31-33-25-9-7-21(29(19-25)43(35,36)37)5-6-22-8-10-26(20-30(22)44(38,39)40)34-32-24-13-17-28(18-14-24)42-4-2/h7-20H,3-6H2,1-2H3,(H,35,36,37)(H,38,39,40). The average Bonchev–Trinajstić information content (AvgIpc) is 2.99. The van der Waals surface area contributed by atoms with Crippen molar-refractivity contribution in [3.05, 3.63) is 96.1 Å². The zero-order valence-electron chi connectivity index (χ0n) is 23.9. The Bertz CT molecular complexity index is 1740. The van der Waals surface area contributed by atoms with Crippen LogP contribution in [0.2, 0.25) is 0 Å². The van der Waals surface area contributed by atoms with Crippen LogP contribution in [0.3, 0.4) is 0 Å². The minimum absolute atomic E-state index is 0.0149. The Morgan fingerprint density at radius 1 is 0.523 bits per heavy atom. The van der Waals surface area contributed by atoms with Crippen LogP contribution in [0.25, 0.3) is 0 Å². The van der Waals surface area contributed by atoms with E-state index in [0.717, 1.165) is 0 Å². The molecule has 44 heavy (non-hydrogen) atoms. The molecule has 4 rings (SSSR count). The lowest BCUT2D eigenvalue weighted by Gasteiger charge is -2.11. The molecule has 0 aliphatic carbocycles. The zero-order valence-corrected chi connectivity index (χ0v) is 25.5. The average molecular weight is 639 g/mol. The quantitative estimate of drug-likeness (QED) is 0.111. The van der Waals surface area contributed by atoms with Gasteiger partial charge in [0.2, 0.25) is 0 Å². The monoisotopic (exact) mass is 638 g/mol. The number of hydrogen-bond acceptors (Lipinski definition) is 10. The smallest absolute Gasteiger partial charge is 0.294 e. The highest BCUT2D eigenvalue weighted by Crippen LogP contribution is 2.29. The Kier molecular flexibility index (Phi) is 10.5. The van der Waals surface area contributed by atoms with Crippen LogP contribution in [0.5, 0.6) is 11.5 Å². The van der Waals surface area contributed by atoms with E-state index in [0.29, 0.717) is 36.1 Å². The molecule has 12 nitrogen and oxygen atoms in total. The molecule has 0 fully saturated rings. The van der Waals surface area contributed by atoms with Gasteiger partial charge in [-0.3, -0.25) is 9.11 Å². The molecule has 2 N–H and O–H groups in total. The Hall–Kier alpha value is -4.50. The summed E-state index contributed by atoms with van der Waals surface area (Å²) in [5, 5.41) is 16.3. The van der Waals surface area contributed by atoms with E-state index in [2.05, 4.69) is 20.5 Å². The van der Waals surface area contributed by atoms with E-state index < -0.39 is 30.0 Å².